The van der Waals surface area contributed by atoms with Gasteiger partial charge >= 0.3 is 0 Å². The van der Waals surface area contributed by atoms with Crippen molar-refractivity contribution >= 4 is 44.1 Å². The van der Waals surface area contributed by atoms with Gasteiger partial charge in [-0.05, 0) is 24.0 Å². The second-order valence-corrected chi connectivity index (χ2v) is 4.40. The van der Waals surface area contributed by atoms with E-state index in [1.54, 1.807) is 11.8 Å². The second-order valence-electron chi connectivity index (χ2n) is 2.00. The third-order valence-electron chi connectivity index (χ3n) is 1.27. The molecular formula is C8H7BrS2. The molecule has 0 bridgehead atoms. The third-order valence-corrected chi connectivity index (χ3v) is 3.14. The number of benzene rings is 1. The van der Waals surface area contributed by atoms with Crippen LogP contribution in [0.25, 0.3) is 0 Å². The minimum Gasteiger partial charge on any atom is -0.117 e. The molecule has 0 spiro atoms. The summed E-state index contributed by atoms with van der Waals surface area (Å²) < 4.78 is 2.03. The third kappa shape index (κ3) is 2.58. The van der Waals surface area contributed by atoms with Gasteiger partial charge in [-0.1, -0.05) is 40.3 Å². The number of thioether (sulfide) groups is 1. The van der Waals surface area contributed by atoms with Gasteiger partial charge in [0.15, 0.2) is 0 Å². The Hall–Kier alpha value is 0.140. The van der Waals surface area contributed by atoms with E-state index in [1.165, 1.54) is 0 Å². The Morgan fingerprint density at radius 1 is 1.36 bits per heavy atom. The Kier molecular flexibility index (Phi) is 3.55. The molecule has 58 valence electrons. The van der Waals surface area contributed by atoms with E-state index in [0.717, 1.165) is 14.2 Å². The molecule has 0 amide bonds. The molecule has 0 aromatic heterocycles. The molecule has 1 aromatic carbocycles. The van der Waals surface area contributed by atoms with Crippen molar-refractivity contribution in [2.45, 2.75) is 0 Å². The maximum atomic E-state index is 5.11. The van der Waals surface area contributed by atoms with Gasteiger partial charge < -0.3 is 0 Å². The average molecular weight is 249 g/mol. The van der Waals surface area contributed by atoms with Crippen molar-refractivity contribution in [2.24, 2.45) is 0 Å². The van der Waals surface area contributed by atoms with E-state index >= 15 is 0 Å². The largest absolute Gasteiger partial charge is 0.117 e. The summed E-state index contributed by atoms with van der Waals surface area (Å²) in [7, 11) is 0. The molecule has 0 N–H and O–H groups in total. The summed E-state index contributed by atoms with van der Waals surface area (Å²) in [6.45, 7) is 0. The zero-order valence-corrected chi connectivity index (χ0v) is 9.22. The van der Waals surface area contributed by atoms with Crippen LogP contribution in [0.15, 0.2) is 28.7 Å². The molecule has 0 nitrogen and oxygen atoms in total. The minimum absolute atomic E-state index is 0.942. The van der Waals surface area contributed by atoms with E-state index in [-0.39, 0.29) is 0 Å². The molecule has 0 heterocycles. The van der Waals surface area contributed by atoms with Crippen molar-refractivity contribution < 1.29 is 0 Å². The zero-order valence-electron chi connectivity index (χ0n) is 6.00. The molecule has 0 aliphatic heterocycles. The van der Waals surface area contributed by atoms with Crippen molar-refractivity contribution in [3.8, 4) is 0 Å². The fourth-order valence-electron chi connectivity index (χ4n) is 0.704. The molecule has 0 unspecified atom stereocenters. The van der Waals surface area contributed by atoms with Gasteiger partial charge in [-0.25, -0.2) is 0 Å². The number of thiocarbonyl (C=S) groups is 1. The van der Waals surface area contributed by atoms with Crippen LogP contribution in [0.5, 0.6) is 0 Å². The molecule has 3 heteroatoms. The van der Waals surface area contributed by atoms with Gasteiger partial charge in [0, 0.05) is 4.47 Å². The van der Waals surface area contributed by atoms with E-state index in [9.17, 15) is 0 Å². The van der Waals surface area contributed by atoms with Crippen LogP contribution in [-0.4, -0.2) is 10.5 Å². The molecule has 0 fully saturated rings. The lowest BCUT2D eigenvalue weighted by atomic mass is 10.3. The molecule has 0 saturated heterocycles. The van der Waals surface area contributed by atoms with Crippen LogP contribution >= 0.6 is 39.9 Å². The van der Waals surface area contributed by atoms with Crippen molar-refractivity contribution in [2.75, 3.05) is 6.26 Å². The first-order valence-corrected chi connectivity index (χ1v) is 5.50. The normalized spacial score (nSPS) is 9.64. The van der Waals surface area contributed by atoms with Gasteiger partial charge in [0.05, 0.1) is 4.20 Å². The molecule has 0 saturated carbocycles. The first kappa shape index (κ1) is 9.23. The SMILES string of the molecule is CS[14C](=S)c1ccc(Br)cc1. The van der Waals surface area contributed by atoms with Crippen LogP contribution < -0.4 is 0 Å². The number of hydrogen-bond donors (Lipinski definition) is 0. The number of hydrogen-bond acceptors (Lipinski definition) is 2. The predicted molar refractivity (Wildman–Crippen MR) is 59.4 cm³/mol. The van der Waals surface area contributed by atoms with Gasteiger partial charge in [-0.2, -0.15) is 0 Å². The van der Waals surface area contributed by atoms with Crippen LogP contribution in [0.1, 0.15) is 5.56 Å². The maximum absolute atomic E-state index is 5.11. The monoisotopic (exact) mass is 248 g/mol. The highest BCUT2D eigenvalue weighted by atomic mass is 79.9. The lowest BCUT2D eigenvalue weighted by molar-refractivity contribution is 1.63. The maximum Gasteiger partial charge on any atom is 0.0775 e. The fourth-order valence-corrected chi connectivity index (χ4v) is 1.48. The van der Waals surface area contributed by atoms with Crippen LogP contribution in [-0.2, 0) is 0 Å². The second kappa shape index (κ2) is 4.24. The van der Waals surface area contributed by atoms with E-state index in [4.69, 9.17) is 12.2 Å². The van der Waals surface area contributed by atoms with Crippen LogP contribution in [0.4, 0.5) is 0 Å². The molecule has 11 heavy (non-hydrogen) atoms. The van der Waals surface area contributed by atoms with Gasteiger partial charge in [-0.15, -0.1) is 11.8 Å². The van der Waals surface area contributed by atoms with Gasteiger partial charge in [-0.3, -0.25) is 0 Å². The molecule has 1 aromatic rings. The molecule has 0 aliphatic rings. The highest BCUT2D eigenvalue weighted by molar-refractivity contribution is 9.10. The van der Waals surface area contributed by atoms with Crippen LogP contribution in [0.3, 0.4) is 0 Å². The predicted octanol–water partition coefficient (Wildman–Crippen LogP) is 3.49. The van der Waals surface area contributed by atoms with Crippen molar-refractivity contribution in [3.63, 3.8) is 0 Å². The summed E-state index contributed by atoms with van der Waals surface area (Å²) in [5.74, 6) is 0. The summed E-state index contributed by atoms with van der Waals surface area (Å²) in [5.41, 5.74) is 1.12. The quantitative estimate of drug-likeness (QED) is 0.699. The zero-order chi connectivity index (χ0) is 8.27. The smallest absolute Gasteiger partial charge is 0.0775 e. The van der Waals surface area contributed by atoms with Crippen molar-refractivity contribution in [1.29, 1.82) is 0 Å². The molecule has 0 atom stereocenters. The Morgan fingerprint density at radius 2 is 1.91 bits per heavy atom. The van der Waals surface area contributed by atoms with E-state index in [0.29, 0.717) is 0 Å². The first-order chi connectivity index (χ1) is 5.24. The fraction of sp³-hybridized carbons (Fsp3) is 0.125. The lowest BCUT2D eigenvalue weighted by Crippen LogP contribution is -1.88. The summed E-state index contributed by atoms with van der Waals surface area (Å²) in [6, 6.07) is 8.03. The summed E-state index contributed by atoms with van der Waals surface area (Å²) >= 11 is 10.1. The standard InChI is InChI=1S/C8H7BrS2/c1-11-8(10)6-2-4-7(9)5-3-6/h2-5H,1H3/i8+2. The van der Waals surface area contributed by atoms with Crippen LogP contribution in [0.2, 0.25) is 0 Å². The van der Waals surface area contributed by atoms with Gasteiger partial charge in [0.25, 0.3) is 0 Å². The number of rotatable bonds is 1. The van der Waals surface area contributed by atoms with Gasteiger partial charge in [0.2, 0.25) is 0 Å². The topological polar surface area (TPSA) is 0 Å². The van der Waals surface area contributed by atoms with E-state index < -0.39 is 0 Å². The first-order valence-electron chi connectivity index (χ1n) is 3.08. The highest BCUT2D eigenvalue weighted by Crippen LogP contribution is 2.15. The van der Waals surface area contributed by atoms with Crippen molar-refractivity contribution in [3.05, 3.63) is 34.3 Å². The van der Waals surface area contributed by atoms with Gasteiger partial charge in [0.1, 0.15) is 0 Å². The molecule has 0 radical (unpaired) electrons. The summed E-state index contributed by atoms with van der Waals surface area (Å²) in [6.07, 6.45) is 1.99. The molecule has 1 rings (SSSR count). The van der Waals surface area contributed by atoms with Crippen molar-refractivity contribution in [1.82, 2.24) is 0 Å². The molecular weight excluding hydrogens is 242 g/mol. The average Bonchev–Trinajstić information content (AvgIpc) is 2.05. The Balaban J connectivity index is 2.90. The Morgan fingerprint density at radius 3 is 2.36 bits per heavy atom. The Labute approximate surface area is 84.5 Å². The lowest BCUT2D eigenvalue weighted by Gasteiger charge is -1.98. The van der Waals surface area contributed by atoms with E-state index in [1.807, 2.05) is 30.5 Å². The summed E-state index contributed by atoms with van der Waals surface area (Å²) in [4.78, 5) is 0. The minimum atomic E-state index is 0.942. The number of halogens is 1. The highest BCUT2D eigenvalue weighted by Gasteiger charge is 1.96. The molecule has 0 aliphatic carbocycles. The van der Waals surface area contributed by atoms with E-state index in [2.05, 4.69) is 15.9 Å². The summed E-state index contributed by atoms with van der Waals surface area (Å²) in [5, 5.41) is 0. The Bertz CT molecular complexity index is 253. The van der Waals surface area contributed by atoms with Crippen LogP contribution in [0, 0.1) is 0 Å².